The topological polar surface area (TPSA) is 90.7 Å². The number of aliphatic hydroxyl groups excluding tert-OH is 2. The molecule has 156 valence electrons. The summed E-state index contributed by atoms with van der Waals surface area (Å²) in [5.41, 5.74) is 3.64. The Morgan fingerprint density at radius 2 is 1.97 bits per heavy atom. The Balaban J connectivity index is 1.75. The Labute approximate surface area is 177 Å². The van der Waals surface area contributed by atoms with Crippen LogP contribution in [0.4, 0.5) is 4.39 Å². The number of carboxylic acids is 1. The third kappa shape index (κ3) is 4.59. The molecule has 3 aromatic rings. The molecule has 7 heteroatoms. The number of carboxylic acid groups (broad SMARTS) is 1. The minimum atomic E-state index is -1.13. The molecule has 4 rings (SSSR count). The molecule has 1 aromatic carbocycles. The fourth-order valence-electron chi connectivity index (χ4n) is 3.63. The first-order chi connectivity index (χ1) is 14.4. The number of rotatable bonds is 8. The largest absolute Gasteiger partial charge is 0.481 e. The molecule has 1 aliphatic carbocycles. The molecule has 1 fully saturated rings. The first-order valence-corrected chi connectivity index (χ1v) is 10.7. The average molecular weight is 427 g/mol. The molecule has 0 spiro atoms. The van der Waals surface area contributed by atoms with E-state index < -0.39 is 24.6 Å². The molecule has 2 unspecified atom stereocenters. The molecular formula is C23H22FNO4S. The number of hydrogen-bond acceptors (Lipinski definition) is 5. The summed E-state index contributed by atoms with van der Waals surface area (Å²) in [5, 5.41) is 31.8. The zero-order chi connectivity index (χ0) is 21.3. The lowest BCUT2D eigenvalue weighted by molar-refractivity contribution is -0.139. The van der Waals surface area contributed by atoms with E-state index in [0.717, 1.165) is 45.4 Å². The van der Waals surface area contributed by atoms with Crippen molar-refractivity contribution >= 4 is 33.6 Å². The van der Waals surface area contributed by atoms with Gasteiger partial charge >= 0.3 is 5.97 Å². The molecule has 5 nitrogen and oxygen atoms in total. The smallest absolute Gasteiger partial charge is 0.305 e. The fraction of sp³-hybridized carbons (Fsp3) is 0.304. The number of hydrogen-bond donors (Lipinski definition) is 3. The van der Waals surface area contributed by atoms with Gasteiger partial charge in [-0.2, -0.15) is 0 Å². The van der Waals surface area contributed by atoms with Crippen LogP contribution in [0.2, 0.25) is 0 Å². The second-order valence-corrected chi connectivity index (χ2v) is 8.51. The number of thiophene rings is 1. The maximum absolute atomic E-state index is 13.5. The van der Waals surface area contributed by atoms with E-state index in [9.17, 15) is 19.4 Å². The Bertz CT molecular complexity index is 1090. The molecule has 0 bridgehead atoms. The van der Waals surface area contributed by atoms with Crippen molar-refractivity contribution in [2.75, 3.05) is 0 Å². The average Bonchev–Trinajstić information content (AvgIpc) is 3.43. The molecule has 0 amide bonds. The van der Waals surface area contributed by atoms with E-state index in [1.807, 2.05) is 11.4 Å². The quantitative estimate of drug-likeness (QED) is 0.490. The van der Waals surface area contributed by atoms with Crippen molar-refractivity contribution in [3.63, 3.8) is 0 Å². The van der Waals surface area contributed by atoms with Crippen molar-refractivity contribution in [2.24, 2.45) is 0 Å². The van der Waals surface area contributed by atoms with Crippen LogP contribution in [-0.2, 0) is 4.79 Å². The monoisotopic (exact) mass is 427 g/mol. The number of nitrogens with zero attached hydrogens (tertiary/aromatic N) is 1. The second kappa shape index (κ2) is 8.63. The van der Waals surface area contributed by atoms with E-state index in [4.69, 9.17) is 10.1 Å². The fourth-order valence-corrected chi connectivity index (χ4v) is 4.42. The van der Waals surface area contributed by atoms with Crippen LogP contribution < -0.4 is 0 Å². The maximum Gasteiger partial charge on any atom is 0.305 e. The first kappa shape index (κ1) is 20.7. The van der Waals surface area contributed by atoms with Crippen LogP contribution in [0.5, 0.6) is 0 Å². The number of pyridine rings is 1. The number of aliphatic hydroxyl groups is 2. The summed E-state index contributed by atoms with van der Waals surface area (Å²) >= 11 is 1.56. The van der Waals surface area contributed by atoms with Gasteiger partial charge in [-0.15, -0.1) is 11.3 Å². The van der Waals surface area contributed by atoms with Crippen LogP contribution in [0.25, 0.3) is 27.4 Å². The Hall–Kier alpha value is -2.61. The van der Waals surface area contributed by atoms with Crippen molar-refractivity contribution in [1.82, 2.24) is 4.98 Å². The van der Waals surface area contributed by atoms with Crippen LogP contribution in [0, 0.1) is 5.82 Å². The van der Waals surface area contributed by atoms with Crippen LogP contribution >= 0.6 is 11.3 Å². The van der Waals surface area contributed by atoms with Gasteiger partial charge in [0.15, 0.2) is 0 Å². The van der Waals surface area contributed by atoms with Crippen molar-refractivity contribution in [2.45, 2.75) is 43.8 Å². The van der Waals surface area contributed by atoms with Crippen molar-refractivity contribution in [1.29, 1.82) is 0 Å². The van der Waals surface area contributed by atoms with Gasteiger partial charge in [-0.25, -0.2) is 9.37 Å². The van der Waals surface area contributed by atoms with Gasteiger partial charge in [0.05, 0.1) is 24.3 Å². The molecule has 2 atom stereocenters. The summed E-state index contributed by atoms with van der Waals surface area (Å²) in [6, 6.07) is 8.32. The molecule has 30 heavy (non-hydrogen) atoms. The van der Waals surface area contributed by atoms with Gasteiger partial charge < -0.3 is 15.3 Å². The molecule has 1 saturated carbocycles. The lowest BCUT2D eigenvalue weighted by Gasteiger charge is -2.15. The second-order valence-electron chi connectivity index (χ2n) is 7.62. The summed E-state index contributed by atoms with van der Waals surface area (Å²) in [6.45, 7) is 0. The molecule has 0 radical (unpaired) electrons. The molecule has 3 N–H and O–H groups in total. The zero-order valence-electron chi connectivity index (χ0n) is 16.2. The van der Waals surface area contributed by atoms with Crippen molar-refractivity contribution in [3.05, 3.63) is 58.9 Å². The van der Waals surface area contributed by atoms with Crippen LogP contribution in [-0.4, -0.2) is 38.5 Å². The lowest BCUT2D eigenvalue weighted by atomic mass is 9.93. The number of aliphatic carboxylic acids is 1. The van der Waals surface area contributed by atoms with Crippen molar-refractivity contribution < 1.29 is 24.5 Å². The SMILES string of the molecule is O=C(O)CC(O)CC(O)/C=C/c1c(C2CC2)nc2sccc2c1-c1ccc(F)cc1. The number of fused-ring (bicyclic) bond motifs is 1. The summed E-state index contributed by atoms with van der Waals surface area (Å²) in [6.07, 6.45) is 2.86. The molecule has 0 aliphatic heterocycles. The van der Waals surface area contributed by atoms with E-state index in [0.29, 0.717) is 5.92 Å². The number of halogens is 1. The first-order valence-electron chi connectivity index (χ1n) is 9.85. The van der Waals surface area contributed by atoms with Crippen LogP contribution in [0.3, 0.4) is 0 Å². The van der Waals surface area contributed by atoms with Gasteiger partial charge in [0.25, 0.3) is 0 Å². The molecule has 0 saturated heterocycles. The Kier molecular flexibility index (Phi) is 5.94. The highest BCUT2D eigenvalue weighted by atomic mass is 32.1. The van der Waals surface area contributed by atoms with Gasteiger partial charge in [-0.05, 0) is 42.0 Å². The summed E-state index contributed by atoms with van der Waals surface area (Å²) in [5.74, 6) is -1.07. The number of benzene rings is 1. The summed E-state index contributed by atoms with van der Waals surface area (Å²) in [4.78, 5) is 16.5. The van der Waals surface area contributed by atoms with Gasteiger partial charge in [0.2, 0.25) is 0 Å². The zero-order valence-corrected chi connectivity index (χ0v) is 17.0. The minimum absolute atomic E-state index is 0.0679. The maximum atomic E-state index is 13.5. The van der Waals surface area contributed by atoms with Gasteiger partial charge in [-0.1, -0.05) is 24.3 Å². The van der Waals surface area contributed by atoms with Gasteiger partial charge in [-0.3, -0.25) is 4.79 Å². The molecule has 2 aromatic heterocycles. The van der Waals surface area contributed by atoms with Crippen molar-refractivity contribution in [3.8, 4) is 11.1 Å². The third-order valence-corrected chi connectivity index (χ3v) is 5.99. The van der Waals surface area contributed by atoms with E-state index in [1.54, 1.807) is 35.6 Å². The lowest BCUT2D eigenvalue weighted by Crippen LogP contribution is -2.19. The Morgan fingerprint density at radius 3 is 2.63 bits per heavy atom. The number of aromatic nitrogens is 1. The van der Waals surface area contributed by atoms with E-state index in [2.05, 4.69) is 0 Å². The van der Waals surface area contributed by atoms with E-state index in [-0.39, 0.29) is 12.2 Å². The molecule has 2 heterocycles. The van der Waals surface area contributed by atoms with E-state index in [1.165, 1.54) is 12.1 Å². The predicted molar refractivity (Wildman–Crippen MR) is 115 cm³/mol. The standard InChI is InChI=1S/C23H22FNO4S/c24-15-5-3-13(4-6-15)21-18(8-7-16(26)11-17(27)12-20(28)29)22(14-1-2-14)25-23-19(21)9-10-30-23/h3-10,14,16-17,26-27H,1-2,11-12H2,(H,28,29)/b8-7+. The number of carbonyl (C=O) groups is 1. The predicted octanol–water partition coefficient (Wildman–Crippen LogP) is 4.58. The minimum Gasteiger partial charge on any atom is -0.481 e. The highest BCUT2D eigenvalue weighted by Crippen LogP contribution is 2.46. The highest BCUT2D eigenvalue weighted by Gasteiger charge is 2.30. The third-order valence-electron chi connectivity index (χ3n) is 5.19. The summed E-state index contributed by atoms with van der Waals surface area (Å²) < 4.78 is 13.5. The molecule has 1 aliphatic rings. The van der Waals surface area contributed by atoms with Gasteiger partial charge in [0, 0.05) is 28.9 Å². The Morgan fingerprint density at radius 1 is 1.23 bits per heavy atom. The highest BCUT2D eigenvalue weighted by molar-refractivity contribution is 7.16. The van der Waals surface area contributed by atoms with Crippen LogP contribution in [0.15, 0.2) is 41.8 Å². The normalized spacial score (nSPS) is 16.2. The molecular weight excluding hydrogens is 405 g/mol. The van der Waals surface area contributed by atoms with E-state index >= 15 is 0 Å². The van der Waals surface area contributed by atoms with Gasteiger partial charge in [0.1, 0.15) is 10.6 Å². The van der Waals surface area contributed by atoms with Crippen LogP contribution in [0.1, 0.15) is 42.9 Å². The summed E-state index contributed by atoms with van der Waals surface area (Å²) in [7, 11) is 0.